The second kappa shape index (κ2) is 18.5. The van der Waals surface area contributed by atoms with Crippen LogP contribution in [0.3, 0.4) is 0 Å². The molecule has 10 nitrogen and oxygen atoms in total. The van der Waals surface area contributed by atoms with E-state index in [9.17, 15) is 0 Å². The van der Waals surface area contributed by atoms with Crippen molar-refractivity contribution in [1.82, 2.24) is 4.98 Å². The Morgan fingerprint density at radius 1 is 0.614 bits per heavy atom. The summed E-state index contributed by atoms with van der Waals surface area (Å²) in [4.78, 5) is 6.78. The van der Waals surface area contributed by atoms with Crippen LogP contribution in [-0.4, -0.2) is 66.0 Å². The first kappa shape index (κ1) is 32.8. The van der Waals surface area contributed by atoms with Gasteiger partial charge in [0, 0.05) is 20.2 Å². The molecule has 0 saturated heterocycles. The molecule has 4 aromatic rings. The van der Waals surface area contributed by atoms with Gasteiger partial charge in [-0.1, -0.05) is 36.4 Å². The molecule has 0 atom stereocenters. The minimum atomic E-state index is 0.315. The number of benzene rings is 3. The molecule has 0 bridgehead atoms. The third-order valence-electron chi connectivity index (χ3n) is 6.54. The van der Waals surface area contributed by atoms with Gasteiger partial charge in [0.25, 0.3) is 6.01 Å². The average molecular weight is 607 g/mol. The van der Waals surface area contributed by atoms with Crippen LogP contribution in [0, 0.1) is 0 Å². The zero-order chi connectivity index (χ0) is 30.8. The molecule has 0 unspecified atom stereocenters. The fraction of sp³-hybridized carbons (Fsp3) is 0.382. The Morgan fingerprint density at radius 2 is 1.18 bits per heavy atom. The molecule has 1 heterocycles. The Labute approximate surface area is 259 Å². The zero-order valence-corrected chi connectivity index (χ0v) is 25.7. The second-order valence-corrected chi connectivity index (χ2v) is 9.89. The van der Waals surface area contributed by atoms with Crippen LogP contribution in [-0.2, 0) is 45.3 Å². The Balaban J connectivity index is 1.25. The Bertz CT molecular complexity index is 1380. The molecular formula is C34H42N2O8. The summed E-state index contributed by atoms with van der Waals surface area (Å²) in [5, 5.41) is 0. The van der Waals surface area contributed by atoms with Gasteiger partial charge in [-0.15, -0.1) is 0 Å². The van der Waals surface area contributed by atoms with Crippen LogP contribution in [0.2, 0.25) is 0 Å². The molecular weight excluding hydrogens is 564 g/mol. The molecule has 0 N–H and O–H groups in total. The van der Waals surface area contributed by atoms with Crippen molar-refractivity contribution in [1.29, 1.82) is 0 Å². The number of hydrogen-bond donors (Lipinski definition) is 0. The summed E-state index contributed by atoms with van der Waals surface area (Å²) >= 11 is 0. The lowest BCUT2D eigenvalue weighted by atomic mass is 10.1. The highest BCUT2D eigenvalue weighted by atomic mass is 16.5. The van der Waals surface area contributed by atoms with Gasteiger partial charge in [0.15, 0.2) is 0 Å². The third-order valence-corrected chi connectivity index (χ3v) is 6.54. The maximum absolute atomic E-state index is 5.91. The highest BCUT2D eigenvalue weighted by Gasteiger charge is 2.16. The van der Waals surface area contributed by atoms with E-state index in [2.05, 4.69) is 17.0 Å². The first-order chi connectivity index (χ1) is 21.7. The highest BCUT2D eigenvalue weighted by Crippen LogP contribution is 2.24. The van der Waals surface area contributed by atoms with Gasteiger partial charge in [-0.2, -0.15) is 4.98 Å². The summed E-state index contributed by atoms with van der Waals surface area (Å²) in [5.74, 6) is 2.40. The minimum absolute atomic E-state index is 0.315. The molecule has 0 fully saturated rings. The number of anilines is 1. The van der Waals surface area contributed by atoms with Crippen LogP contribution < -0.4 is 19.1 Å². The molecule has 1 aromatic heterocycles. The predicted molar refractivity (Wildman–Crippen MR) is 166 cm³/mol. The third kappa shape index (κ3) is 11.2. The first-order valence-electron chi connectivity index (χ1n) is 14.6. The van der Waals surface area contributed by atoms with Crippen molar-refractivity contribution in [3.8, 4) is 17.2 Å². The molecule has 3 aromatic carbocycles. The predicted octanol–water partition coefficient (Wildman–Crippen LogP) is 5.67. The Hall–Kier alpha value is -4.09. The lowest BCUT2D eigenvalue weighted by Gasteiger charge is -2.21. The molecule has 0 aliphatic rings. The van der Waals surface area contributed by atoms with Gasteiger partial charge in [0.05, 0.1) is 60.5 Å². The van der Waals surface area contributed by atoms with Gasteiger partial charge < -0.3 is 42.5 Å². The summed E-state index contributed by atoms with van der Waals surface area (Å²) in [6.45, 7) is 4.84. The number of aromatic nitrogens is 1. The van der Waals surface area contributed by atoms with E-state index >= 15 is 0 Å². The zero-order valence-electron chi connectivity index (χ0n) is 25.7. The van der Waals surface area contributed by atoms with Crippen molar-refractivity contribution in [2.45, 2.75) is 26.3 Å². The second-order valence-electron chi connectivity index (χ2n) is 9.89. The van der Waals surface area contributed by atoms with Gasteiger partial charge in [-0.05, 0) is 53.1 Å². The molecule has 0 radical (unpaired) electrons. The van der Waals surface area contributed by atoms with Crippen LogP contribution >= 0.6 is 0 Å². The van der Waals surface area contributed by atoms with Crippen LogP contribution in [0.15, 0.2) is 83.5 Å². The molecule has 10 heteroatoms. The van der Waals surface area contributed by atoms with Gasteiger partial charge in [0.1, 0.15) is 35.8 Å². The Morgan fingerprint density at radius 3 is 1.84 bits per heavy atom. The monoisotopic (exact) mass is 606 g/mol. The summed E-state index contributed by atoms with van der Waals surface area (Å²) in [5.41, 5.74) is 3.89. The standard InChI is InChI=1S/C34H42N2O8/c1-37-13-18-43-33-12-5-8-28(20-33)23-36(22-27-7-4-10-31(19-27)38-2)34-35-30(26-44-34)25-42-17-15-40-14-16-41-24-29-9-6-11-32(21-29)39-3/h4-12,19-21,26H,13-18,22-25H2,1-3H3. The van der Waals surface area contributed by atoms with E-state index in [0.29, 0.717) is 77.7 Å². The SMILES string of the molecule is COCCOc1cccc(CN(Cc2cccc(OC)c2)c2nc(COCCOCCOCc3cccc(OC)c3)co2)c1. The highest BCUT2D eigenvalue weighted by molar-refractivity contribution is 5.37. The van der Waals surface area contributed by atoms with Gasteiger partial charge in [0.2, 0.25) is 0 Å². The maximum atomic E-state index is 5.91. The van der Waals surface area contributed by atoms with Crippen molar-refractivity contribution in [3.63, 3.8) is 0 Å². The molecule has 0 saturated carbocycles. The van der Waals surface area contributed by atoms with Gasteiger partial charge in [-0.25, -0.2) is 0 Å². The van der Waals surface area contributed by atoms with E-state index < -0.39 is 0 Å². The molecule has 4 rings (SSSR count). The van der Waals surface area contributed by atoms with Crippen LogP contribution in [0.4, 0.5) is 6.01 Å². The average Bonchev–Trinajstić information content (AvgIpc) is 3.53. The van der Waals surface area contributed by atoms with Crippen LogP contribution in [0.25, 0.3) is 0 Å². The molecule has 0 aliphatic heterocycles. The van der Waals surface area contributed by atoms with E-state index in [1.54, 1.807) is 27.6 Å². The number of nitrogens with zero attached hydrogens (tertiary/aromatic N) is 2. The molecule has 0 spiro atoms. The van der Waals surface area contributed by atoms with Crippen LogP contribution in [0.5, 0.6) is 17.2 Å². The lowest BCUT2D eigenvalue weighted by molar-refractivity contribution is 0.00650. The van der Waals surface area contributed by atoms with E-state index in [4.69, 9.17) is 42.6 Å². The van der Waals surface area contributed by atoms with E-state index in [1.807, 2.05) is 60.7 Å². The largest absolute Gasteiger partial charge is 0.497 e. The topological polar surface area (TPSA) is 93.9 Å². The lowest BCUT2D eigenvalue weighted by Crippen LogP contribution is -2.22. The summed E-state index contributed by atoms with van der Waals surface area (Å²) in [6.07, 6.45) is 1.63. The normalized spacial score (nSPS) is 11.0. The minimum Gasteiger partial charge on any atom is -0.497 e. The van der Waals surface area contributed by atoms with E-state index in [0.717, 1.165) is 33.9 Å². The van der Waals surface area contributed by atoms with Crippen molar-refractivity contribution in [2.75, 3.05) is 65.9 Å². The number of methoxy groups -OCH3 is 3. The number of ether oxygens (including phenoxy) is 7. The van der Waals surface area contributed by atoms with Crippen molar-refractivity contribution < 1.29 is 37.6 Å². The van der Waals surface area contributed by atoms with Crippen LogP contribution in [0.1, 0.15) is 22.4 Å². The molecule has 0 aliphatic carbocycles. The fourth-order valence-electron chi connectivity index (χ4n) is 4.35. The quantitative estimate of drug-likeness (QED) is 0.110. The smallest absolute Gasteiger partial charge is 0.298 e. The fourth-order valence-corrected chi connectivity index (χ4v) is 4.35. The van der Waals surface area contributed by atoms with E-state index in [-0.39, 0.29) is 0 Å². The van der Waals surface area contributed by atoms with Crippen molar-refractivity contribution >= 4 is 6.01 Å². The molecule has 44 heavy (non-hydrogen) atoms. The number of oxazole rings is 1. The van der Waals surface area contributed by atoms with Gasteiger partial charge in [-0.3, -0.25) is 0 Å². The number of hydrogen-bond acceptors (Lipinski definition) is 10. The Kier molecular flexibility index (Phi) is 13.8. The maximum Gasteiger partial charge on any atom is 0.298 e. The number of rotatable bonds is 21. The molecule has 236 valence electrons. The molecule has 0 amide bonds. The summed E-state index contributed by atoms with van der Waals surface area (Å²) < 4.78 is 44.6. The van der Waals surface area contributed by atoms with Crippen molar-refractivity contribution in [3.05, 3.63) is 101 Å². The summed E-state index contributed by atoms with van der Waals surface area (Å²) in [6, 6.07) is 24.3. The van der Waals surface area contributed by atoms with Crippen molar-refractivity contribution in [2.24, 2.45) is 0 Å². The summed E-state index contributed by atoms with van der Waals surface area (Å²) in [7, 11) is 4.97. The first-order valence-corrected chi connectivity index (χ1v) is 14.6. The van der Waals surface area contributed by atoms with E-state index in [1.165, 1.54) is 0 Å². The van der Waals surface area contributed by atoms with Gasteiger partial charge >= 0.3 is 0 Å².